The van der Waals surface area contributed by atoms with E-state index in [1.165, 1.54) is 11.3 Å². The van der Waals surface area contributed by atoms with Crippen LogP contribution in [0, 0.1) is 0 Å². The summed E-state index contributed by atoms with van der Waals surface area (Å²) in [6.45, 7) is 0.355. The summed E-state index contributed by atoms with van der Waals surface area (Å²) in [5.41, 5.74) is 0. The van der Waals surface area contributed by atoms with E-state index in [2.05, 4.69) is 5.32 Å². The van der Waals surface area contributed by atoms with Crippen molar-refractivity contribution >= 4 is 43.9 Å². The third kappa shape index (κ3) is 2.70. The van der Waals surface area contributed by atoms with Crippen molar-refractivity contribution < 1.29 is 19.4 Å². The van der Waals surface area contributed by atoms with Gasteiger partial charge in [0.25, 0.3) is 5.91 Å². The Bertz CT molecular complexity index is 619. The molecule has 106 valence electrons. The van der Waals surface area contributed by atoms with Gasteiger partial charge in [0.1, 0.15) is 0 Å². The summed E-state index contributed by atoms with van der Waals surface area (Å²) in [4.78, 5) is 23.5. The highest BCUT2D eigenvalue weighted by atomic mass is 32.1. The lowest BCUT2D eigenvalue weighted by molar-refractivity contribution is -0.149. The molecule has 0 aliphatic carbocycles. The zero-order chi connectivity index (χ0) is 14.1. The molecule has 2 N–H and O–H groups in total. The van der Waals surface area contributed by atoms with Gasteiger partial charge in [0, 0.05) is 15.9 Å². The number of rotatable bonds is 4. The molecule has 0 radical (unpaired) electrons. The molecule has 3 rings (SSSR count). The van der Waals surface area contributed by atoms with Crippen molar-refractivity contribution in [3.63, 3.8) is 0 Å². The molecule has 5 nitrogen and oxygen atoms in total. The monoisotopic (exact) mass is 311 g/mol. The van der Waals surface area contributed by atoms with Gasteiger partial charge in [-0.1, -0.05) is 0 Å². The van der Waals surface area contributed by atoms with Gasteiger partial charge in [-0.15, -0.1) is 22.7 Å². The molecule has 1 aliphatic rings. The fourth-order valence-corrected chi connectivity index (χ4v) is 4.23. The molecule has 0 spiro atoms. The van der Waals surface area contributed by atoms with Crippen molar-refractivity contribution in [3.8, 4) is 0 Å². The minimum atomic E-state index is -0.933. The lowest BCUT2D eigenvalue weighted by Crippen LogP contribution is -2.32. The second-order valence-electron chi connectivity index (χ2n) is 4.63. The Kier molecular flexibility index (Phi) is 3.73. The zero-order valence-corrected chi connectivity index (χ0v) is 12.1. The van der Waals surface area contributed by atoms with Gasteiger partial charge in [-0.2, -0.15) is 0 Å². The van der Waals surface area contributed by atoms with Crippen LogP contribution in [0.3, 0.4) is 0 Å². The fourth-order valence-electron chi connectivity index (χ4n) is 2.21. The number of aliphatic carboxylic acids is 1. The van der Waals surface area contributed by atoms with Crippen LogP contribution >= 0.6 is 22.7 Å². The van der Waals surface area contributed by atoms with Crippen LogP contribution < -0.4 is 5.32 Å². The number of hydrogen-bond donors (Lipinski definition) is 2. The van der Waals surface area contributed by atoms with Crippen LogP contribution in [0.25, 0.3) is 9.40 Å². The Balaban J connectivity index is 1.55. The average Bonchev–Trinajstić information content (AvgIpc) is 3.10. The molecule has 0 bridgehead atoms. The predicted molar refractivity (Wildman–Crippen MR) is 77.6 cm³/mol. The van der Waals surface area contributed by atoms with E-state index in [1.807, 2.05) is 17.5 Å². The number of hydrogen-bond acceptors (Lipinski definition) is 5. The number of ether oxygens (including phenoxy) is 1. The molecule has 1 saturated heterocycles. The summed E-state index contributed by atoms with van der Waals surface area (Å²) in [6.07, 6.45) is 0.228. The van der Waals surface area contributed by atoms with Gasteiger partial charge in [0.05, 0.1) is 11.0 Å². The van der Waals surface area contributed by atoms with E-state index < -0.39 is 12.1 Å². The summed E-state index contributed by atoms with van der Waals surface area (Å²) < 4.78 is 7.57. The Morgan fingerprint density at radius 1 is 1.40 bits per heavy atom. The Morgan fingerprint density at radius 2 is 2.25 bits per heavy atom. The maximum atomic E-state index is 12.0. The standard InChI is InChI=1S/C13H13NO4S2/c15-12(11-5-10-9(20-11)3-4-19-10)14-6-7-1-2-8(18-7)13(16)17/h3-5,7-8H,1-2,6H2,(H,14,15)(H,16,17). The van der Waals surface area contributed by atoms with Crippen LogP contribution in [-0.2, 0) is 9.53 Å². The summed E-state index contributed by atoms with van der Waals surface area (Å²) >= 11 is 3.08. The number of fused-ring (bicyclic) bond motifs is 1. The predicted octanol–water partition coefficient (Wildman–Crippen LogP) is 2.32. The number of carbonyl (C=O) groups excluding carboxylic acids is 1. The molecule has 2 unspecified atom stereocenters. The summed E-state index contributed by atoms with van der Waals surface area (Å²) in [7, 11) is 0. The number of carbonyl (C=O) groups is 2. The van der Waals surface area contributed by atoms with Crippen LogP contribution in [0.2, 0.25) is 0 Å². The van der Waals surface area contributed by atoms with Gasteiger partial charge in [-0.05, 0) is 30.4 Å². The van der Waals surface area contributed by atoms with E-state index >= 15 is 0 Å². The molecule has 1 amide bonds. The lowest BCUT2D eigenvalue weighted by atomic mass is 10.2. The van der Waals surface area contributed by atoms with E-state index in [1.54, 1.807) is 11.3 Å². The van der Waals surface area contributed by atoms with Crippen molar-refractivity contribution in [2.75, 3.05) is 6.54 Å². The van der Waals surface area contributed by atoms with Gasteiger partial charge in [-0.3, -0.25) is 4.79 Å². The van der Waals surface area contributed by atoms with Crippen molar-refractivity contribution in [3.05, 3.63) is 22.4 Å². The molecule has 2 aromatic heterocycles. The second-order valence-corrected chi connectivity index (χ2v) is 6.66. The minimum Gasteiger partial charge on any atom is -0.479 e. The Labute approximate surface area is 123 Å². The topological polar surface area (TPSA) is 75.6 Å². The SMILES string of the molecule is O=C(NCC1CCC(C(=O)O)O1)c1cc2sccc2s1. The van der Waals surface area contributed by atoms with Gasteiger partial charge >= 0.3 is 5.97 Å². The lowest BCUT2D eigenvalue weighted by Gasteiger charge is -2.11. The number of carboxylic acid groups (broad SMARTS) is 1. The summed E-state index contributed by atoms with van der Waals surface area (Å²) in [6, 6.07) is 3.88. The third-order valence-electron chi connectivity index (χ3n) is 3.24. The highest BCUT2D eigenvalue weighted by Crippen LogP contribution is 2.29. The Morgan fingerprint density at radius 3 is 2.95 bits per heavy atom. The number of nitrogens with one attached hydrogen (secondary N) is 1. The van der Waals surface area contributed by atoms with Crippen molar-refractivity contribution in [1.29, 1.82) is 0 Å². The normalized spacial score (nSPS) is 22.2. The number of amides is 1. The van der Waals surface area contributed by atoms with E-state index in [9.17, 15) is 9.59 Å². The maximum Gasteiger partial charge on any atom is 0.332 e. The molecular formula is C13H13NO4S2. The molecule has 3 heterocycles. The van der Waals surface area contributed by atoms with Crippen LogP contribution in [0.15, 0.2) is 17.5 Å². The van der Waals surface area contributed by atoms with E-state index in [4.69, 9.17) is 9.84 Å². The summed E-state index contributed by atoms with van der Waals surface area (Å²) in [5.74, 6) is -1.06. The highest BCUT2D eigenvalue weighted by molar-refractivity contribution is 7.27. The molecule has 1 fully saturated rings. The van der Waals surface area contributed by atoms with Crippen molar-refractivity contribution in [2.24, 2.45) is 0 Å². The van der Waals surface area contributed by atoms with Crippen molar-refractivity contribution in [2.45, 2.75) is 25.0 Å². The largest absolute Gasteiger partial charge is 0.479 e. The highest BCUT2D eigenvalue weighted by Gasteiger charge is 2.30. The molecular weight excluding hydrogens is 298 g/mol. The fraction of sp³-hybridized carbons (Fsp3) is 0.385. The molecule has 1 aliphatic heterocycles. The third-order valence-corrected chi connectivity index (χ3v) is 5.33. The van der Waals surface area contributed by atoms with E-state index in [0.717, 1.165) is 9.40 Å². The van der Waals surface area contributed by atoms with E-state index in [0.29, 0.717) is 24.3 Å². The molecule has 2 atom stereocenters. The first-order valence-corrected chi connectivity index (χ1v) is 7.96. The first-order valence-electron chi connectivity index (χ1n) is 6.27. The maximum absolute atomic E-state index is 12.0. The number of thiophene rings is 2. The molecule has 7 heteroatoms. The van der Waals surface area contributed by atoms with Crippen LogP contribution in [0.1, 0.15) is 22.5 Å². The van der Waals surface area contributed by atoms with Gasteiger partial charge < -0.3 is 15.2 Å². The Hall–Kier alpha value is -1.44. The second kappa shape index (κ2) is 5.51. The van der Waals surface area contributed by atoms with Crippen LogP contribution in [0.5, 0.6) is 0 Å². The zero-order valence-electron chi connectivity index (χ0n) is 10.5. The molecule has 0 aromatic carbocycles. The quantitative estimate of drug-likeness (QED) is 0.908. The van der Waals surface area contributed by atoms with Crippen molar-refractivity contribution in [1.82, 2.24) is 5.32 Å². The molecule has 0 saturated carbocycles. The average molecular weight is 311 g/mol. The smallest absolute Gasteiger partial charge is 0.332 e. The van der Waals surface area contributed by atoms with Gasteiger partial charge in [0.2, 0.25) is 0 Å². The molecule has 20 heavy (non-hydrogen) atoms. The van der Waals surface area contributed by atoms with Gasteiger partial charge in [0.15, 0.2) is 6.10 Å². The van der Waals surface area contributed by atoms with Crippen LogP contribution in [-0.4, -0.2) is 35.7 Å². The number of carboxylic acids is 1. The first kappa shape index (κ1) is 13.5. The van der Waals surface area contributed by atoms with Crippen LogP contribution in [0.4, 0.5) is 0 Å². The summed E-state index contributed by atoms with van der Waals surface area (Å²) in [5, 5.41) is 13.6. The van der Waals surface area contributed by atoms with E-state index in [-0.39, 0.29) is 12.0 Å². The minimum absolute atomic E-state index is 0.124. The first-order chi connectivity index (χ1) is 9.63. The van der Waals surface area contributed by atoms with Gasteiger partial charge in [-0.25, -0.2) is 4.79 Å². The molecule has 2 aromatic rings.